The van der Waals surface area contributed by atoms with Crippen LogP contribution in [-0.4, -0.2) is 25.4 Å². The van der Waals surface area contributed by atoms with Crippen LogP contribution in [-0.2, 0) is 6.54 Å². The fourth-order valence-electron chi connectivity index (χ4n) is 2.64. The van der Waals surface area contributed by atoms with Crippen molar-refractivity contribution >= 4 is 28.4 Å². The van der Waals surface area contributed by atoms with Crippen LogP contribution >= 0.6 is 11.3 Å². The fraction of sp³-hybridized carbons (Fsp3) is 0.0588. The molecule has 1 amide bonds. The van der Waals surface area contributed by atoms with Crippen LogP contribution < -0.4 is 11.4 Å². The largest absolute Gasteiger partial charge is 0.364 e. The number of aromatic amines is 1. The van der Waals surface area contributed by atoms with E-state index in [4.69, 9.17) is 5.73 Å². The molecule has 1 aromatic carbocycles. The van der Waals surface area contributed by atoms with Crippen LogP contribution in [0.25, 0.3) is 22.6 Å². The summed E-state index contributed by atoms with van der Waals surface area (Å²) in [6.45, 7) is 0.331. The molecule has 3 heterocycles. The van der Waals surface area contributed by atoms with Crippen molar-refractivity contribution in [2.24, 2.45) is 5.73 Å². The van der Waals surface area contributed by atoms with E-state index in [1.165, 1.54) is 15.9 Å². The van der Waals surface area contributed by atoms with Gasteiger partial charge in [0, 0.05) is 10.9 Å². The van der Waals surface area contributed by atoms with Crippen molar-refractivity contribution < 1.29 is 4.79 Å². The molecule has 0 spiro atoms. The fourth-order valence-corrected chi connectivity index (χ4v) is 3.28. The van der Waals surface area contributed by atoms with Crippen molar-refractivity contribution in [1.29, 1.82) is 0 Å². The van der Waals surface area contributed by atoms with Gasteiger partial charge in [0.1, 0.15) is 5.52 Å². The summed E-state index contributed by atoms with van der Waals surface area (Å²) < 4.78 is 1.48. The van der Waals surface area contributed by atoms with Crippen LogP contribution in [0.4, 0.5) is 0 Å². The predicted octanol–water partition coefficient (Wildman–Crippen LogP) is 2.00. The van der Waals surface area contributed by atoms with Gasteiger partial charge < -0.3 is 10.7 Å². The number of nitrogens with two attached hydrogens (primary N) is 1. The van der Waals surface area contributed by atoms with Gasteiger partial charge in [-0.1, -0.05) is 30.3 Å². The second kappa shape index (κ2) is 5.99. The van der Waals surface area contributed by atoms with E-state index < -0.39 is 5.91 Å². The third kappa shape index (κ3) is 2.72. The molecule has 0 atom stereocenters. The number of primary amides is 1. The van der Waals surface area contributed by atoms with Gasteiger partial charge in [0.2, 0.25) is 0 Å². The van der Waals surface area contributed by atoms with Gasteiger partial charge in [0.15, 0.2) is 17.2 Å². The molecule has 7 nitrogen and oxygen atoms in total. The van der Waals surface area contributed by atoms with Crippen molar-refractivity contribution in [1.82, 2.24) is 19.5 Å². The minimum atomic E-state index is -0.711. The summed E-state index contributed by atoms with van der Waals surface area (Å²) in [5.41, 5.74) is 7.44. The number of carbonyl (C=O) groups excluding carboxylic acids is 1. The SMILES string of the molecule is NC(=O)c1nc(-c2ccsc2)nc2c1[nH]c(=O)n2Cc1ccccc1. The number of carbonyl (C=O) groups is 1. The number of hydrogen-bond acceptors (Lipinski definition) is 5. The highest BCUT2D eigenvalue weighted by molar-refractivity contribution is 7.08. The van der Waals surface area contributed by atoms with E-state index in [-0.39, 0.29) is 16.9 Å². The normalized spacial score (nSPS) is 11.0. The number of fused-ring (bicyclic) bond motifs is 1. The maximum absolute atomic E-state index is 12.4. The molecular formula is C17H13N5O2S. The molecule has 0 radical (unpaired) electrons. The summed E-state index contributed by atoms with van der Waals surface area (Å²) in [5.74, 6) is -0.347. The van der Waals surface area contributed by atoms with Gasteiger partial charge in [-0.05, 0) is 17.0 Å². The van der Waals surface area contributed by atoms with Crippen molar-refractivity contribution in [2.75, 3.05) is 0 Å². The highest BCUT2D eigenvalue weighted by Crippen LogP contribution is 2.22. The Morgan fingerprint density at radius 1 is 1.20 bits per heavy atom. The Bertz CT molecular complexity index is 1110. The lowest BCUT2D eigenvalue weighted by Gasteiger charge is -2.05. The van der Waals surface area contributed by atoms with E-state index >= 15 is 0 Å². The molecule has 0 unspecified atom stereocenters. The number of rotatable bonds is 4. The summed E-state index contributed by atoms with van der Waals surface area (Å²) in [5, 5.41) is 3.76. The molecule has 8 heteroatoms. The van der Waals surface area contributed by atoms with E-state index in [0.717, 1.165) is 11.1 Å². The summed E-state index contributed by atoms with van der Waals surface area (Å²) in [7, 11) is 0. The molecule has 25 heavy (non-hydrogen) atoms. The Morgan fingerprint density at radius 2 is 2.00 bits per heavy atom. The highest BCUT2D eigenvalue weighted by atomic mass is 32.1. The molecule has 0 fully saturated rings. The predicted molar refractivity (Wildman–Crippen MR) is 95.5 cm³/mol. The van der Waals surface area contributed by atoms with Crippen molar-refractivity contribution in [2.45, 2.75) is 6.54 Å². The van der Waals surface area contributed by atoms with Crippen LogP contribution in [0, 0.1) is 0 Å². The average molecular weight is 351 g/mol. The first kappa shape index (κ1) is 15.3. The Labute approximate surface area is 145 Å². The molecule has 0 aliphatic carbocycles. The van der Waals surface area contributed by atoms with Gasteiger partial charge in [0.25, 0.3) is 5.91 Å². The molecule has 0 aliphatic heterocycles. The second-order valence-corrected chi connectivity index (χ2v) is 6.25. The minimum absolute atomic E-state index is 0.00936. The number of nitrogens with one attached hydrogen (secondary N) is 1. The van der Waals surface area contributed by atoms with Crippen molar-refractivity contribution in [3.8, 4) is 11.4 Å². The lowest BCUT2D eigenvalue weighted by atomic mass is 10.2. The Morgan fingerprint density at radius 3 is 2.68 bits per heavy atom. The summed E-state index contributed by atoms with van der Waals surface area (Å²) in [6, 6.07) is 11.4. The van der Waals surface area contributed by atoms with Gasteiger partial charge in [0.05, 0.1) is 6.54 Å². The van der Waals surface area contributed by atoms with Crippen LogP contribution in [0.2, 0.25) is 0 Å². The lowest BCUT2D eigenvalue weighted by molar-refractivity contribution is 0.0997. The number of benzene rings is 1. The highest BCUT2D eigenvalue weighted by Gasteiger charge is 2.19. The zero-order valence-electron chi connectivity index (χ0n) is 13.0. The van der Waals surface area contributed by atoms with Crippen molar-refractivity contribution in [3.63, 3.8) is 0 Å². The Hall–Kier alpha value is -3.26. The molecule has 0 saturated carbocycles. The number of thiophene rings is 1. The number of aromatic nitrogens is 4. The molecule has 3 N–H and O–H groups in total. The number of amides is 1. The topological polar surface area (TPSA) is 107 Å². The molecule has 0 aliphatic rings. The number of hydrogen-bond donors (Lipinski definition) is 2. The van der Waals surface area contributed by atoms with Crippen molar-refractivity contribution in [3.05, 3.63) is 68.9 Å². The van der Waals surface area contributed by atoms with Crippen LogP contribution in [0.3, 0.4) is 0 Å². The van der Waals surface area contributed by atoms with Crippen LogP contribution in [0.5, 0.6) is 0 Å². The zero-order valence-corrected chi connectivity index (χ0v) is 13.8. The van der Waals surface area contributed by atoms with Gasteiger partial charge in [-0.3, -0.25) is 9.36 Å². The van der Waals surface area contributed by atoms with Gasteiger partial charge in [-0.15, -0.1) is 0 Å². The summed E-state index contributed by atoms with van der Waals surface area (Å²) >= 11 is 1.49. The molecule has 124 valence electrons. The second-order valence-electron chi connectivity index (χ2n) is 5.47. The first-order valence-corrected chi connectivity index (χ1v) is 8.44. The van der Waals surface area contributed by atoms with E-state index in [9.17, 15) is 9.59 Å². The van der Waals surface area contributed by atoms with E-state index in [1.54, 1.807) is 0 Å². The number of imidazole rings is 1. The minimum Gasteiger partial charge on any atom is -0.364 e. The molecule has 0 bridgehead atoms. The molecule has 4 rings (SSSR count). The third-order valence-electron chi connectivity index (χ3n) is 3.82. The number of H-pyrrole nitrogens is 1. The zero-order chi connectivity index (χ0) is 17.4. The first-order valence-electron chi connectivity index (χ1n) is 7.50. The van der Waals surface area contributed by atoms with Gasteiger partial charge in [-0.25, -0.2) is 14.8 Å². The molecule has 0 saturated heterocycles. The lowest BCUT2D eigenvalue weighted by Crippen LogP contribution is -2.17. The smallest absolute Gasteiger partial charge is 0.328 e. The van der Waals surface area contributed by atoms with E-state index in [1.807, 2.05) is 47.2 Å². The summed E-state index contributed by atoms with van der Waals surface area (Å²) in [6.07, 6.45) is 0. The van der Waals surface area contributed by atoms with Crippen LogP contribution in [0.15, 0.2) is 52.0 Å². The molecule has 3 aromatic heterocycles. The standard InChI is InChI=1S/C17H13N5O2S/c18-14(23)12-13-16(21-15(19-12)11-6-7-25-9-11)22(17(24)20-13)8-10-4-2-1-3-5-10/h1-7,9H,8H2,(H2,18,23)(H,20,24). The van der Waals surface area contributed by atoms with Gasteiger partial charge in [-0.2, -0.15) is 11.3 Å². The third-order valence-corrected chi connectivity index (χ3v) is 4.50. The quantitative estimate of drug-likeness (QED) is 0.586. The monoisotopic (exact) mass is 351 g/mol. The van der Waals surface area contributed by atoms with Crippen LogP contribution in [0.1, 0.15) is 16.1 Å². The molecule has 4 aromatic rings. The van der Waals surface area contributed by atoms with E-state index in [0.29, 0.717) is 18.0 Å². The first-order chi connectivity index (χ1) is 12.1. The maximum Gasteiger partial charge on any atom is 0.328 e. The summed E-state index contributed by atoms with van der Waals surface area (Å²) in [4.78, 5) is 35.6. The van der Waals surface area contributed by atoms with E-state index in [2.05, 4.69) is 15.0 Å². The molecular weight excluding hydrogens is 338 g/mol. The maximum atomic E-state index is 12.4. The Balaban J connectivity index is 1.96. The average Bonchev–Trinajstić information content (AvgIpc) is 3.24. The number of nitrogens with zero attached hydrogens (tertiary/aromatic N) is 3. The Kier molecular flexibility index (Phi) is 3.66. The van der Waals surface area contributed by atoms with Gasteiger partial charge >= 0.3 is 5.69 Å².